The number of amides is 1. The Kier molecular flexibility index (Phi) is 5.39. The first-order chi connectivity index (χ1) is 18.0. The number of aliphatic imine (C=N–C) groups is 1. The molecule has 2 aromatic carbocycles. The van der Waals surface area contributed by atoms with E-state index in [1.54, 1.807) is 6.07 Å². The van der Waals surface area contributed by atoms with E-state index < -0.39 is 11.8 Å². The number of nitrogens with one attached hydrogen (secondary N) is 1. The number of amidine groups is 1. The predicted octanol–water partition coefficient (Wildman–Crippen LogP) is 4.93. The van der Waals surface area contributed by atoms with E-state index >= 15 is 4.39 Å². The Morgan fingerprint density at radius 1 is 1.08 bits per heavy atom. The fraction of sp³-hybridized carbons (Fsp3) is 0.467. The number of halogens is 1. The molecule has 3 fully saturated rings. The van der Waals surface area contributed by atoms with Crippen LogP contribution in [0.15, 0.2) is 53.7 Å². The summed E-state index contributed by atoms with van der Waals surface area (Å²) in [5.74, 6) is 0.983. The number of rotatable bonds is 5. The first-order valence-electron chi connectivity index (χ1n) is 13.7. The van der Waals surface area contributed by atoms with E-state index in [-0.39, 0.29) is 23.6 Å². The molecule has 2 N–H and O–H groups in total. The molecule has 192 valence electrons. The lowest BCUT2D eigenvalue weighted by Gasteiger charge is -2.33. The Morgan fingerprint density at radius 3 is 2.65 bits per heavy atom. The van der Waals surface area contributed by atoms with Gasteiger partial charge >= 0.3 is 0 Å². The Bertz CT molecular complexity index is 1390. The number of likely N-dealkylation sites (tertiary alicyclic amines) is 1. The molecule has 7 rings (SSSR count). The number of carbonyl (C=O) groups excluding carboxylic acids is 1. The number of hydrogen-bond donors (Lipinski definition) is 2. The minimum Gasteiger partial charge on any atom is -0.371 e. The predicted molar refractivity (Wildman–Crippen MR) is 142 cm³/mol. The maximum atomic E-state index is 15.7. The zero-order valence-corrected chi connectivity index (χ0v) is 21.0. The summed E-state index contributed by atoms with van der Waals surface area (Å²) < 4.78 is 15.7. The fourth-order valence-corrected chi connectivity index (χ4v) is 6.65. The summed E-state index contributed by atoms with van der Waals surface area (Å²) in [6.45, 7) is 2.07. The standard InChI is InChI=1S/C30H33FN4O2/c31-25-15-22(23-6-3-20-9-13-32-26(20)16-23)7-8-24(25)27-33-30(11-1-2-12-30)29(37)35(27)18-19-10-14-34(17-19)28(36)21-4-5-21/h3,6-9,13,15-16,19,21,29,32,37H,1-2,4-5,10-12,14,17-18H2/t19-,29?/m1/s1. The van der Waals surface area contributed by atoms with E-state index in [9.17, 15) is 9.90 Å². The molecule has 3 aromatic rings. The molecule has 1 saturated heterocycles. The minimum atomic E-state index is -0.757. The largest absolute Gasteiger partial charge is 0.371 e. The molecular formula is C30H33FN4O2. The van der Waals surface area contributed by atoms with Crippen molar-refractivity contribution in [1.82, 2.24) is 14.8 Å². The van der Waals surface area contributed by atoms with E-state index in [4.69, 9.17) is 4.99 Å². The Hall–Kier alpha value is -3.19. The topological polar surface area (TPSA) is 71.9 Å². The summed E-state index contributed by atoms with van der Waals surface area (Å²) in [5.41, 5.74) is 2.66. The Morgan fingerprint density at radius 2 is 1.86 bits per heavy atom. The Balaban J connectivity index is 1.18. The van der Waals surface area contributed by atoms with Gasteiger partial charge in [-0.05, 0) is 78.8 Å². The van der Waals surface area contributed by atoms with Gasteiger partial charge in [-0.1, -0.05) is 31.0 Å². The highest BCUT2D eigenvalue weighted by atomic mass is 19.1. The average Bonchev–Trinajstić information content (AvgIpc) is 3.25. The molecule has 0 bridgehead atoms. The molecule has 4 aliphatic rings. The van der Waals surface area contributed by atoms with Crippen molar-refractivity contribution >= 4 is 22.6 Å². The van der Waals surface area contributed by atoms with Gasteiger partial charge in [0.1, 0.15) is 17.2 Å². The molecule has 1 unspecified atom stereocenters. The van der Waals surface area contributed by atoms with E-state index in [0.717, 1.165) is 73.5 Å². The molecule has 2 atom stereocenters. The monoisotopic (exact) mass is 500 g/mol. The van der Waals surface area contributed by atoms with Crippen molar-refractivity contribution in [1.29, 1.82) is 0 Å². The minimum absolute atomic E-state index is 0.223. The normalized spacial score (nSPS) is 25.0. The summed E-state index contributed by atoms with van der Waals surface area (Å²) in [5, 5.41) is 12.6. The molecule has 2 aliphatic carbocycles. The van der Waals surface area contributed by atoms with Crippen LogP contribution in [-0.4, -0.2) is 63.0 Å². The number of carbonyl (C=O) groups is 1. The van der Waals surface area contributed by atoms with Gasteiger partial charge in [0.25, 0.3) is 0 Å². The number of aliphatic hydroxyl groups excluding tert-OH is 1. The molecule has 1 amide bonds. The number of aromatic nitrogens is 1. The van der Waals surface area contributed by atoms with Gasteiger partial charge in [0.15, 0.2) is 6.23 Å². The fourth-order valence-electron chi connectivity index (χ4n) is 6.65. The van der Waals surface area contributed by atoms with Crippen LogP contribution in [0.2, 0.25) is 0 Å². The zero-order valence-electron chi connectivity index (χ0n) is 21.0. The maximum Gasteiger partial charge on any atom is 0.225 e. The first-order valence-corrected chi connectivity index (χ1v) is 13.7. The third kappa shape index (κ3) is 3.95. The van der Waals surface area contributed by atoms with Gasteiger partial charge in [0.2, 0.25) is 5.91 Å². The molecule has 3 heterocycles. The van der Waals surface area contributed by atoms with Crippen molar-refractivity contribution in [3.05, 3.63) is 60.0 Å². The van der Waals surface area contributed by atoms with Crippen LogP contribution in [0.25, 0.3) is 22.0 Å². The van der Waals surface area contributed by atoms with Crippen LogP contribution in [0.4, 0.5) is 4.39 Å². The molecule has 2 saturated carbocycles. The highest BCUT2D eigenvalue weighted by molar-refractivity contribution is 6.01. The maximum absolute atomic E-state index is 15.7. The van der Waals surface area contributed by atoms with Crippen LogP contribution >= 0.6 is 0 Å². The van der Waals surface area contributed by atoms with Crippen molar-refractivity contribution in [3.63, 3.8) is 0 Å². The molecule has 7 heteroatoms. The van der Waals surface area contributed by atoms with Crippen molar-refractivity contribution in [3.8, 4) is 11.1 Å². The number of aliphatic hydroxyl groups is 1. The first kappa shape index (κ1) is 23.0. The van der Waals surface area contributed by atoms with Crippen molar-refractivity contribution in [2.24, 2.45) is 16.8 Å². The molecule has 37 heavy (non-hydrogen) atoms. The van der Waals surface area contributed by atoms with E-state index in [0.29, 0.717) is 24.5 Å². The lowest BCUT2D eigenvalue weighted by atomic mass is 9.96. The summed E-state index contributed by atoms with van der Waals surface area (Å²) >= 11 is 0. The third-order valence-corrected chi connectivity index (χ3v) is 8.92. The second-order valence-electron chi connectivity index (χ2n) is 11.5. The van der Waals surface area contributed by atoms with Crippen LogP contribution < -0.4 is 0 Å². The van der Waals surface area contributed by atoms with E-state index in [1.165, 1.54) is 0 Å². The number of fused-ring (bicyclic) bond motifs is 1. The van der Waals surface area contributed by atoms with Crippen molar-refractivity contribution in [2.75, 3.05) is 19.6 Å². The number of hydrogen-bond acceptors (Lipinski definition) is 4. The van der Waals surface area contributed by atoms with Gasteiger partial charge < -0.3 is 19.9 Å². The molecule has 1 aromatic heterocycles. The lowest BCUT2D eigenvalue weighted by molar-refractivity contribution is -0.131. The number of aromatic amines is 1. The average molecular weight is 501 g/mol. The third-order valence-electron chi connectivity index (χ3n) is 8.92. The molecule has 0 radical (unpaired) electrons. The molecule has 2 aliphatic heterocycles. The lowest BCUT2D eigenvalue weighted by Crippen LogP contribution is -2.48. The number of benzene rings is 2. The van der Waals surface area contributed by atoms with Crippen LogP contribution in [0.1, 0.15) is 50.5 Å². The van der Waals surface area contributed by atoms with Gasteiger partial charge in [-0.2, -0.15) is 0 Å². The van der Waals surface area contributed by atoms with Gasteiger partial charge in [-0.25, -0.2) is 4.39 Å². The Labute approximate surface area is 216 Å². The van der Waals surface area contributed by atoms with Crippen LogP contribution in [0.3, 0.4) is 0 Å². The van der Waals surface area contributed by atoms with Crippen LogP contribution in [0.5, 0.6) is 0 Å². The SMILES string of the molecule is O=C(C1CC1)N1CC[C@@H](CN2C(c3ccc(-c4ccc5cc[nH]c5c4)cc3F)=NC3(CCCC3)C2O)C1. The molecule has 6 nitrogen and oxygen atoms in total. The summed E-state index contributed by atoms with van der Waals surface area (Å²) in [7, 11) is 0. The van der Waals surface area contributed by atoms with Crippen LogP contribution in [-0.2, 0) is 4.79 Å². The molecule has 1 spiro atoms. The van der Waals surface area contributed by atoms with E-state index in [1.807, 2.05) is 52.4 Å². The smallest absolute Gasteiger partial charge is 0.225 e. The summed E-state index contributed by atoms with van der Waals surface area (Å²) in [4.78, 5) is 24.8. The van der Waals surface area contributed by atoms with Crippen molar-refractivity contribution < 1.29 is 14.3 Å². The van der Waals surface area contributed by atoms with Crippen molar-refractivity contribution in [2.45, 2.75) is 56.7 Å². The quantitative estimate of drug-likeness (QED) is 0.522. The highest BCUT2D eigenvalue weighted by Crippen LogP contribution is 2.43. The van der Waals surface area contributed by atoms with E-state index in [2.05, 4.69) is 4.98 Å². The van der Waals surface area contributed by atoms with Crippen LogP contribution in [0, 0.1) is 17.7 Å². The summed E-state index contributed by atoms with van der Waals surface area (Å²) in [6, 6.07) is 13.4. The molecular weight excluding hydrogens is 467 g/mol. The van der Waals surface area contributed by atoms with Gasteiger partial charge in [-0.15, -0.1) is 0 Å². The van der Waals surface area contributed by atoms with Gasteiger partial charge in [0, 0.05) is 37.3 Å². The highest BCUT2D eigenvalue weighted by Gasteiger charge is 2.50. The number of nitrogens with zero attached hydrogens (tertiary/aromatic N) is 3. The second-order valence-corrected chi connectivity index (χ2v) is 11.5. The summed E-state index contributed by atoms with van der Waals surface area (Å²) in [6.07, 6.45) is 7.77. The second kappa shape index (κ2) is 8.69. The van der Waals surface area contributed by atoms with Gasteiger partial charge in [-0.3, -0.25) is 9.79 Å². The zero-order chi connectivity index (χ0) is 25.1. The number of H-pyrrole nitrogens is 1. The van der Waals surface area contributed by atoms with Gasteiger partial charge in [0.05, 0.1) is 5.56 Å².